The van der Waals surface area contributed by atoms with Gasteiger partial charge in [-0.25, -0.2) is 13.2 Å². The zero-order chi connectivity index (χ0) is 40.4. The lowest BCUT2D eigenvalue weighted by atomic mass is 9.99. The van der Waals surface area contributed by atoms with Gasteiger partial charge in [0.15, 0.2) is 0 Å². The Kier molecular flexibility index (Phi) is 13.7. The van der Waals surface area contributed by atoms with Gasteiger partial charge in [0, 0.05) is 46.0 Å². The van der Waals surface area contributed by atoms with Crippen LogP contribution in [0.25, 0.3) is 21.9 Å². The van der Waals surface area contributed by atoms with E-state index in [0.29, 0.717) is 26.9 Å². The molecule has 0 aromatic heterocycles. The van der Waals surface area contributed by atoms with E-state index in [4.69, 9.17) is 4.74 Å². The third kappa shape index (κ3) is 10.2. The number of fused-ring (bicyclic) bond motifs is 1. The molecule has 0 spiro atoms. The first kappa shape index (κ1) is 41.0. The van der Waals surface area contributed by atoms with Crippen molar-refractivity contribution >= 4 is 60.0 Å². The smallest absolute Gasteiger partial charge is 0.326 e. The number of unbranched alkanes of at least 4 members (excludes halogenated alkanes) is 2. The van der Waals surface area contributed by atoms with Crippen LogP contribution in [0.1, 0.15) is 55.5 Å². The number of carbonyl (C=O) groups is 2. The van der Waals surface area contributed by atoms with Crippen LogP contribution in [-0.2, 0) is 21.2 Å². The number of anilines is 2. The van der Waals surface area contributed by atoms with E-state index in [1.54, 1.807) is 24.3 Å². The van der Waals surface area contributed by atoms with Crippen molar-refractivity contribution in [3.8, 4) is 22.6 Å². The Labute approximate surface area is 342 Å². The molecule has 6 rings (SSSR count). The molecule has 0 saturated heterocycles. The number of hydrogen-bond donors (Lipinski definition) is 3. The number of nitrogens with one attached hydrogen (secondary N) is 2. The maximum Gasteiger partial charge on any atom is 0.326 e. The number of amides is 1. The normalized spacial score (nSPS) is 11.8. The molecule has 11 heteroatoms. The molecule has 1 amide bonds. The van der Waals surface area contributed by atoms with Crippen molar-refractivity contribution in [1.29, 1.82) is 0 Å². The molecule has 0 saturated carbocycles. The molecule has 1 unspecified atom stereocenters. The zero-order valence-electron chi connectivity index (χ0n) is 32.0. The van der Waals surface area contributed by atoms with Gasteiger partial charge in [-0.1, -0.05) is 128 Å². The van der Waals surface area contributed by atoms with E-state index in [2.05, 4.69) is 44.7 Å². The van der Waals surface area contributed by atoms with Crippen molar-refractivity contribution in [3.05, 3.63) is 149 Å². The number of rotatable bonds is 18. The lowest BCUT2D eigenvalue weighted by molar-refractivity contribution is -0.139. The number of aliphatic carboxylic acids is 1. The molecule has 0 heterocycles. The number of carboxylic acid groups (broad SMARTS) is 1. The van der Waals surface area contributed by atoms with E-state index in [1.165, 1.54) is 12.1 Å². The molecule has 57 heavy (non-hydrogen) atoms. The molecule has 6 aromatic carbocycles. The minimum atomic E-state index is -4.22. The molecule has 1 atom stereocenters. The van der Waals surface area contributed by atoms with Gasteiger partial charge in [-0.2, -0.15) is 0 Å². The number of carbonyl (C=O) groups excluding carboxylic acids is 1. The van der Waals surface area contributed by atoms with Crippen LogP contribution in [0.3, 0.4) is 0 Å². The van der Waals surface area contributed by atoms with Crippen molar-refractivity contribution in [3.63, 3.8) is 0 Å². The second kappa shape index (κ2) is 19.0. The Hall–Kier alpha value is -5.65. The number of para-hydroxylation sites is 2. The lowest BCUT2D eigenvalue weighted by Crippen LogP contribution is -2.42. The van der Waals surface area contributed by atoms with Crippen LogP contribution in [0.2, 0.25) is 0 Å². The van der Waals surface area contributed by atoms with E-state index in [1.807, 2.05) is 97.1 Å². The number of ether oxygens (including phenoxy) is 1. The Morgan fingerprint density at radius 1 is 0.772 bits per heavy atom. The SMILES string of the molecule is CCCCN(CCCC)c1cccc2c(S(=O)(=O)Nc3ccc(Br)cc3C(=O)NC(Cc3ccc(-c4ccccc4Oc4ccccc4)cc3)C(=O)O)cccc12. The Bertz CT molecular complexity index is 2430. The molecular weight excluding hydrogens is 802 g/mol. The first-order valence-corrected chi connectivity index (χ1v) is 21.4. The second-order valence-electron chi connectivity index (χ2n) is 13.8. The zero-order valence-corrected chi connectivity index (χ0v) is 34.4. The molecule has 3 N–H and O–H groups in total. The van der Waals surface area contributed by atoms with Gasteiger partial charge in [0.2, 0.25) is 0 Å². The summed E-state index contributed by atoms with van der Waals surface area (Å²) in [6.45, 7) is 6.03. The minimum absolute atomic E-state index is 0.00948. The fourth-order valence-corrected chi connectivity index (χ4v) is 8.38. The largest absolute Gasteiger partial charge is 0.480 e. The number of hydrogen-bond acceptors (Lipinski definition) is 6. The Morgan fingerprint density at radius 2 is 1.44 bits per heavy atom. The van der Waals surface area contributed by atoms with Crippen molar-refractivity contribution in [2.45, 2.75) is 56.9 Å². The van der Waals surface area contributed by atoms with Gasteiger partial charge < -0.3 is 20.1 Å². The fraction of sp³-hybridized carbons (Fsp3) is 0.217. The number of carboxylic acids is 1. The number of sulfonamides is 1. The van der Waals surface area contributed by atoms with Crippen LogP contribution in [0.5, 0.6) is 11.5 Å². The number of halogens is 1. The minimum Gasteiger partial charge on any atom is -0.480 e. The molecule has 0 aliphatic rings. The van der Waals surface area contributed by atoms with Gasteiger partial charge in [-0.15, -0.1) is 0 Å². The topological polar surface area (TPSA) is 125 Å². The molecule has 0 radical (unpaired) electrons. The number of benzene rings is 6. The summed E-state index contributed by atoms with van der Waals surface area (Å²) >= 11 is 3.39. The predicted octanol–water partition coefficient (Wildman–Crippen LogP) is 10.7. The van der Waals surface area contributed by atoms with Gasteiger partial charge in [0.25, 0.3) is 15.9 Å². The van der Waals surface area contributed by atoms with Crippen LogP contribution < -0.4 is 19.7 Å². The molecule has 0 fully saturated rings. The lowest BCUT2D eigenvalue weighted by Gasteiger charge is -2.26. The highest BCUT2D eigenvalue weighted by atomic mass is 79.9. The van der Waals surface area contributed by atoms with E-state index < -0.39 is 27.9 Å². The molecule has 0 aliphatic heterocycles. The van der Waals surface area contributed by atoms with Crippen LogP contribution in [-0.4, -0.2) is 44.5 Å². The van der Waals surface area contributed by atoms with E-state index in [9.17, 15) is 23.1 Å². The highest BCUT2D eigenvalue weighted by Crippen LogP contribution is 2.35. The van der Waals surface area contributed by atoms with Crippen molar-refractivity contribution < 1.29 is 27.9 Å². The molecule has 9 nitrogen and oxygen atoms in total. The second-order valence-corrected chi connectivity index (χ2v) is 16.4. The first-order valence-electron chi connectivity index (χ1n) is 19.1. The fourth-order valence-electron chi connectivity index (χ4n) is 6.72. The van der Waals surface area contributed by atoms with E-state index in [-0.39, 0.29) is 22.6 Å². The van der Waals surface area contributed by atoms with Gasteiger partial charge in [0.05, 0.1) is 16.1 Å². The van der Waals surface area contributed by atoms with Gasteiger partial charge >= 0.3 is 5.97 Å². The summed E-state index contributed by atoms with van der Waals surface area (Å²) in [5.74, 6) is -0.593. The van der Waals surface area contributed by atoms with Crippen LogP contribution in [0, 0.1) is 0 Å². The summed E-state index contributed by atoms with van der Waals surface area (Å²) < 4.78 is 37.6. The van der Waals surface area contributed by atoms with Crippen molar-refractivity contribution in [2.24, 2.45) is 0 Å². The van der Waals surface area contributed by atoms with E-state index >= 15 is 0 Å². The summed E-state index contributed by atoms with van der Waals surface area (Å²) in [6.07, 6.45) is 4.11. The maximum absolute atomic E-state index is 14.1. The third-order valence-electron chi connectivity index (χ3n) is 9.69. The summed E-state index contributed by atoms with van der Waals surface area (Å²) in [6, 6.07) is 38.7. The first-order chi connectivity index (χ1) is 27.6. The highest BCUT2D eigenvalue weighted by Gasteiger charge is 2.26. The number of nitrogens with zero attached hydrogens (tertiary/aromatic N) is 1. The Balaban J connectivity index is 1.21. The summed E-state index contributed by atoms with van der Waals surface area (Å²) in [5.41, 5.74) is 3.38. The van der Waals surface area contributed by atoms with Crippen LogP contribution in [0.15, 0.2) is 143 Å². The molecule has 6 aromatic rings. The van der Waals surface area contributed by atoms with Crippen LogP contribution in [0.4, 0.5) is 11.4 Å². The van der Waals surface area contributed by atoms with Crippen molar-refractivity contribution in [2.75, 3.05) is 22.7 Å². The average Bonchev–Trinajstić information content (AvgIpc) is 3.21. The summed E-state index contributed by atoms with van der Waals surface area (Å²) in [7, 11) is -4.22. The predicted molar refractivity (Wildman–Crippen MR) is 232 cm³/mol. The molecule has 294 valence electrons. The monoisotopic (exact) mass is 847 g/mol. The molecule has 0 aliphatic carbocycles. The van der Waals surface area contributed by atoms with E-state index in [0.717, 1.165) is 61.0 Å². The standard InChI is InChI=1S/C46H46BrN3O6S/c1-3-5-28-50(29-6-4-2)42-19-12-18-38-37(42)17-13-21-44(38)57(54,55)49-40-27-26-34(47)31-39(40)45(51)48-41(46(52)53)30-32-22-24-33(25-23-32)36-16-10-11-20-43(36)56-35-14-8-7-9-15-35/h7-27,31,41,49H,3-6,28-30H2,1-2H3,(H,48,51)(H,52,53). The summed E-state index contributed by atoms with van der Waals surface area (Å²) in [4.78, 5) is 28.7. The van der Waals surface area contributed by atoms with Gasteiger partial charge in [-0.05, 0) is 72.5 Å². The Morgan fingerprint density at radius 3 is 2.14 bits per heavy atom. The molecular formula is C46H46BrN3O6S. The maximum atomic E-state index is 14.1. The quantitative estimate of drug-likeness (QED) is 0.0786. The summed E-state index contributed by atoms with van der Waals surface area (Å²) in [5, 5.41) is 14.2. The average molecular weight is 849 g/mol. The third-order valence-corrected chi connectivity index (χ3v) is 11.6. The van der Waals surface area contributed by atoms with Gasteiger partial charge in [-0.3, -0.25) is 9.52 Å². The highest BCUT2D eigenvalue weighted by molar-refractivity contribution is 9.10. The van der Waals surface area contributed by atoms with Gasteiger partial charge in [0.1, 0.15) is 17.5 Å². The van der Waals surface area contributed by atoms with Crippen LogP contribution >= 0.6 is 15.9 Å². The molecule has 0 bridgehead atoms. The van der Waals surface area contributed by atoms with Crippen molar-refractivity contribution in [1.82, 2.24) is 5.32 Å².